The second kappa shape index (κ2) is 7.98. The van der Waals surface area contributed by atoms with Crippen molar-refractivity contribution >= 4 is 29.4 Å². The summed E-state index contributed by atoms with van der Waals surface area (Å²) in [5.41, 5.74) is 1.60. The molecule has 0 saturated carbocycles. The molecule has 25 heavy (non-hydrogen) atoms. The maximum absolute atomic E-state index is 12.2. The van der Waals surface area contributed by atoms with E-state index >= 15 is 0 Å². The molecule has 2 aromatic rings. The first-order valence-electron chi connectivity index (χ1n) is 7.81. The van der Waals surface area contributed by atoms with Gasteiger partial charge in [0, 0.05) is 11.0 Å². The minimum atomic E-state index is -0.199. The van der Waals surface area contributed by atoms with E-state index in [4.69, 9.17) is 14.2 Å². The predicted molar refractivity (Wildman–Crippen MR) is 99.9 cm³/mol. The zero-order chi connectivity index (χ0) is 17.6. The van der Waals surface area contributed by atoms with E-state index in [1.807, 2.05) is 42.7 Å². The van der Waals surface area contributed by atoms with E-state index in [1.165, 1.54) is 6.08 Å². The highest BCUT2D eigenvalue weighted by Crippen LogP contribution is 2.40. The van der Waals surface area contributed by atoms with Gasteiger partial charge in [-0.2, -0.15) is 0 Å². The number of hydrogen-bond donors (Lipinski definition) is 1. The minimum absolute atomic E-state index is 0.199. The van der Waals surface area contributed by atoms with Gasteiger partial charge in [-0.1, -0.05) is 12.1 Å². The van der Waals surface area contributed by atoms with Crippen LogP contribution in [-0.2, 0) is 4.79 Å². The summed E-state index contributed by atoms with van der Waals surface area (Å²) in [6.07, 6.45) is 5.18. The number of carbonyl (C=O) groups excluding carboxylic acids is 1. The van der Waals surface area contributed by atoms with Crippen molar-refractivity contribution in [2.24, 2.45) is 0 Å². The Morgan fingerprint density at radius 1 is 1.24 bits per heavy atom. The molecule has 2 aromatic carbocycles. The molecule has 3 rings (SSSR count). The van der Waals surface area contributed by atoms with E-state index in [9.17, 15) is 4.79 Å². The maximum Gasteiger partial charge on any atom is 0.248 e. The van der Waals surface area contributed by atoms with Crippen LogP contribution in [0, 0.1) is 0 Å². The van der Waals surface area contributed by atoms with Crippen molar-refractivity contribution in [2.75, 3.05) is 31.9 Å². The standard InChI is InChI=1S/C19H19NO4S/c1-22-15-11-13(12-16-19(15)24-10-9-23-16)7-8-18(21)20-14-5-3-4-6-17(14)25-2/h3-8,11-12H,9-10H2,1-2H3,(H,20,21). The van der Waals surface area contributed by atoms with Crippen LogP contribution in [0.5, 0.6) is 17.2 Å². The van der Waals surface area contributed by atoms with Crippen molar-refractivity contribution in [3.05, 3.63) is 48.0 Å². The number of benzene rings is 2. The van der Waals surface area contributed by atoms with Crippen molar-refractivity contribution in [2.45, 2.75) is 4.90 Å². The van der Waals surface area contributed by atoms with E-state index in [0.717, 1.165) is 16.1 Å². The molecule has 0 spiro atoms. The molecule has 0 saturated heterocycles. The summed E-state index contributed by atoms with van der Waals surface area (Å²) in [5.74, 6) is 1.61. The smallest absolute Gasteiger partial charge is 0.248 e. The Morgan fingerprint density at radius 2 is 2.04 bits per heavy atom. The van der Waals surface area contributed by atoms with Gasteiger partial charge in [0.25, 0.3) is 0 Å². The normalized spacial score (nSPS) is 12.9. The Hall–Kier alpha value is -2.60. The van der Waals surface area contributed by atoms with Gasteiger partial charge in [-0.25, -0.2) is 0 Å². The van der Waals surface area contributed by atoms with Gasteiger partial charge < -0.3 is 19.5 Å². The number of carbonyl (C=O) groups is 1. The summed E-state index contributed by atoms with van der Waals surface area (Å²) in [4.78, 5) is 13.2. The number of anilines is 1. The average molecular weight is 357 g/mol. The third-order valence-corrected chi connectivity index (χ3v) is 4.44. The predicted octanol–water partition coefficient (Wildman–Crippen LogP) is 3.84. The van der Waals surface area contributed by atoms with Crippen molar-refractivity contribution in [1.29, 1.82) is 0 Å². The molecule has 0 unspecified atom stereocenters. The Morgan fingerprint density at radius 3 is 2.84 bits per heavy atom. The average Bonchev–Trinajstić information content (AvgIpc) is 2.66. The molecular weight excluding hydrogens is 338 g/mol. The van der Waals surface area contributed by atoms with Gasteiger partial charge in [0.05, 0.1) is 12.8 Å². The Bertz CT molecular complexity index is 787. The van der Waals surface area contributed by atoms with Gasteiger partial charge in [-0.05, 0) is 42.2 Å². The van der Waals surface area contributed by atoms with Gasteiger partial charge >= 0.3 is 0 Å². The van der Waals surface area contributed by atoms with Gasteiger partial charge in [0.1, 0.15) is 13.2 Å². The van der Waals surface area contributed by atoms with E-state index in [0.29, 0.717) is 30.5 Å². The van der Waals surface area contributed by atoms with Crippen LogP contribution in [0.2, 0.25) is 0 Å². The Balaban J connectivity index is 1.76. The van der Waals surface area contributed by atoms with Crippen LogP contribution in [0.1, 0.15) is 5.56 Å². The fourth-order valence-electron chi connectivity index (χ4n) is 2.48. The minimum Gasteiger partial charge on any atom is -0.493 e. The number of nitrogens with one attached hydrogen (secondary N) is 1. The molecule has 0 radical (unpaired) electrons. The van der Waals surface area contributed by atoms with Crippen LogP contribution in [0.3, 0.4) is 0 Å². The second-order valence-electron chi connectivity index (χ2n) is 5.27. The SMILES string of the molecule is COc1cc(C=CC(=O)Nc2ccccc2SC)cc2c1OCCO2. The third kappa shape index (κ3) is 4.09. The van der Waals surface area contributed by atoms with Gasteiger partial charge in [0.2, 0.25) is 11.7 Å². The molecule has 0 aliphatic carbocycles. The zero-order valence-corrected chi connectivity index (χ0v) is 14.9. The molecule has 0 bridgehead atoms. The number of para-hydroxylation sites is 1. The molecule has 0 atom stereocenters. The molecule has 0 aromatic heterocycles. The summed E-state index contributed by atoms with van der Waals surface area (Å²) < 4.78 is 16.5. The highest BCUT2D eigenvalue weighted by molar-refractivity contribution is 7.98. The molecule has 1 aliphatic heterocycles. The first-order valence-corrected chi connectivity index (χ1v) is 9.03. The highest BCUT2D eigenvalue weighted by atomic mass is 32.2. The number of hydrogen-bond acceptors (Lipinski definition) is 5. The molecule has 130 valence electrons. The molecule has 1 aliphatic rings. The fraction of sp³-hybridized carbons (Fsp3) is 0.211. The molecule has 6 heteroatoms. The quantitative estimate of drug-likeness (QED) is 0.651. The molecule has 1 N–H and O–H groups in total. The van der Waals surface area contributed by atoms with E-state index < -0.39 is 0 Å². The Kier molecular flexibility index (Phi) is 5.50. The van der Waals surface area contributed by atoms with Gasteiger partial charge in [-0.15, -0.1) is 11.8 Å². The largest absolute Gasteiger partial charge is 0.493 e. The fourth-order valence-corrected chi connectivity index (χ4v) is 3.04. The van der Waals surface area contributed by atoms with Gasteiger partial charge in [0.15, 0.2) is 11.5 Å². The van der Waals surface area contributed by atoms with Crippen molar-refractivity contribution in [3.8, 4) is 17.2 Å². The monoisotopic (exact) mass is 357 g/mol. The van der Waals surface area contributed by atoms with Crippen LogP contribution < -0.4 is 19.5 Å². The maximum atomic E-state index is 12.2. The van der Waals surface area contributed by atoms with Crippen LogP contribution >= 0.6 is 11.8 Å². The lowest BCUT2D eigenvalue weighted by molar-refractivity contribution is -0.111. The van der Waals surface area contributed by atoms with Crippen molar-refractivity contribution in [1.82, 2.24) is 0 Å². The number of rotatable bonds is 5. The van der Waals surface area contributed by atoms with Crippen LogP contribution in [0.15, 0.2) is 47.4 Å². The van der Waals surface area contributed by atoms with Crippen LogP contribution in [0.25, 0.3) is 6.08 Å². The van der Waals surface area contributed by atoms with Crippen molar-refractivity contribution in [3.63, 3.8) is 0 Å². The molecular formula is C19H19NO4S. The molecule has 1 amide bonds. The van der Waals surface area contributed by atoms with E-state index in [2.05, 4.69) is 5.32 Å². The van der Waals surface area contributed by atoms with Crippen LogP contribution in [-0.4, -0.2) is 32.5 Å². The summed E-state index contributed by atoms with van der Waals surface area (Å²) in [6, 6.07) is 11.3. The van der Waals surface area contributed by atoms with E-state index in [1.54, 1.807) is 24.9 Å². The van der Waals surface area contributed by atoms with Crippen LogP contribution in [0.4, 0.5) is 5.69 Å². The molecule has 0 fully saturated rings. The highest BCUT2D eigenvalue weighted by Gasteiger charge is 2.17. The number of amides is 1. The second-order valence-corrected chi connectivity index (χ2v) is 6.12. The first-order chi connectivity index (χ1) is 12.2. The Labute approximate surface area is 151 Å². The summed E-state index contributed by atoms with van der Waals surface area (Å²) in [5, 5.41) is 2.89. The first kappa shape index (κ1) is 17.2. The number of fused-ring (bicyclic) bond motifs is 1. The molecule has 5 nitrogen and oxygen atoms in total. The van der Waals surface area contributed by atoms with Crippen molar-refractivity contribution < 1.29 is 19.0 Å². The van der Waals surface area contributed by atoms with E-state index in [-0.39, 0.29) is 5.91 Å². The molecule has 1 heterocycles. The number of methoxy groups -OCH3 is 1. The lowest BCUT2D eigenvalue weighted by atomic mass is 10.1. The number of ether oxygens (including phenoxy) is 3. The third-order valence-electron chi connectivity index (χ3n) is 3.64. The zero-order valence-electron chi connectivity index (χ0n) is 14.1. The summed E-state index contributed by atoms with van der Waals surface area (Å²) in [7, 11) is 1.58. The summed E-state index contributed by atoms with van der Waals surface area (Å²) >= 11 is 1.59. The van der Waals surface area contributed by atoms with Gasteiger partial charge in [-0.3, -0.25) is 4.79 Å². The number of thioether (sulfide) groups is 1. The lowest BCUT2D eigenvalue weighted by Crippen LogP contribution is -2.16. The lowest BCUT2D eigenvalue weighted by Gasteiger charge is -2.20. The summed E-state index contributed by atoms with van der Waals surface area (Å²) in [6.45, 7) is 0.991. The topological polar surface area (TPSA) is 56.8 Å².